The van der Waals surface area contributed by atoms with Crippen LogP contribution in [0.15, 0.2) is 22.1 Å². The second-order valence-corrected chi connectivity index (χ2v) is 6.07. The largest absolute Gasteiger partial charge is 0.425 e. The molecule has 0 saturated carbocycles. The first-order valence-electron chi connectivity index (χ1n) is 6.65. The van der Waals surface area contributed by atoms with Crippen molar-refractivity contribution in [2.75, 3.05) is 0 Å². The smallest absolute Gasteiger partial charge is 0.386 e. The zero-order valence-corrected chi connectivity index (χ0v) is 12.9. The molecule has 1 saturated heterocycles. The Bertz CT molecular complexity index is 653. The summed E-state index contributed by atoms with van der Waals surface area (Å²) < 4.78 is 10.1. The molecule has 12 nitrogen and oxygen atoms in total. The van der Waals surface area contributed by atoms with E-state index in [1.807, 2.05) is 0 Å². The summed E-state index contributed by atoms with van der Waals surface area (Å²) in [6.07, 6.45) is -3.33. The molecule has 3 aliphatic heterocycles. The third-order valence-corrected chi connectivity index (χ3v) is 4.05. The number of aliphatic imine (C=N–C) groups is 2. The van der Waals surface area contributed by atoms with Gasteiger partial charge in [0.2, 0.25) is 6.29 Å². The van der Waals surface area contributed by atoms with E-state index in [-0.39, 0.29) is 11.5 Å². The van der Waals surface area contributed by atoms with Gasteiger partial charge in [-0.05, 0) is 0 Å². The predicted octanol–water partition coefficient (Wildman–Crippen LogP) is -2.50. The van der Waals surface area contributed by atoms with Gasteiger partial charge in [0.25, 0.3) is 14.3 Å². The third-order valence-electron chi connectivity index (χ3n) is 3.62. The Hall–Kier alpha value is -2.11. The molecule has 3 aliphatic rings. The Morgan fingerprint density at radius 1 is 1.54 bits per heavy atom. The number of guanidine groups is 1. The number of carbonyl (C=O) groups excluding carboxylic acids is 2. The molecule has 0 radical (unpaired) electrons. The van der Waals surface area contributed by atoms with Crippen LogP contribution in [0.2, 0.25) is 0 Å². The number of nitrogens with one attached hydrogen (secondary N) is 1. The second kappa shape index (κ2) is 6.07. The molecule has 130 valence electrons. The van der Waals surface area contributed by atoms with Crippen LogP contribution >= 0.6 is 8.38 Å². The molecule has 0 aliphatic carbocycles. The minimum Gasteiger partial charge on any atom is -0.425 e. The lowest BCUT2D eigenvalue weighted by molar-refractivity contribution is -0.135. The number of hydrogen-bond acceptors (Lipinski definition) is 11. The van der Waals surface area contributed by atoms with Crippen LogP contribution in [-0.4, -0.2) is 74.5 Å². The van der Waals surface area contributed by atoms with Crippen LogP contribution in [0.5, 0.6) is 0 Å². The standard InChI is InChI=1S/C11H14N5O7P/c1-3-5(17)8(22-9(3)23-11(19)24(20)21)16-2-13-4-6(16)14-10(12)15-7(4)18/h2,4-6,8-9,17,20-21H,1H2,(H3,12,14,15,18)/t4?,5-,6?,8-,9-/m1/s1. The molecule has 0 spiro atoms. The summed E-state index contributed by atoms with van der Waals surface area (Å²) in [5, 5.41) is 12.6. The summed E-state index contributed by atoms with van der Waals surface area (Å²) in [5.41, 5.74) is 4.23. The van der Waals surface area contributed by atoms with E-state index in [1.165, 1.54) is 11.2 Å². The number of nitrogens with zero attached hydrogens (tertiary/aromatic N) is 3. The fraction of sp³-hybridized carbons (Fsp3) is 0.455. The van der Waals surface area contributed by atoms with Gasteiger partial charge in [-0.2, -0.15) is 0 Å². The number of aliphatic hydroxyl groups is 1. The molecule has 13 heteroatoms. The molecule has 2 unspecified atom stereocenters. The van der Waals surface area contributed by atoms with Gasteiger partial charge >= 0.3 is 5.71 Å². The first-order chi connectivity index (χ1) is 11.3. The Labute approximate surface area is 136 Å². The average molecular weight is 359 g/mol. The lowest BCUT2D eigenvalue weighted by Gasteiger charge is -2.32. The van der Waals surface area contributed by atoms with E-state index in [9.17, 15) is 14.7 Å². The number of ether oxygens (including phenoxy) is 2. The highest BCUT2D eigenvalue weighted by Gasteiger charge is 2.50. The van der Waals surface area contributed by atoms with Gasteiger partial charge in [-0.3, -0.25) is 15.1 Å². The van der Waals surface area contributed by atoms with Gasteiger partial charge in [-0.15, -0.1) is 0 Å². The van der Waals surface area contributed by atoms with Crippen molar-refractivity contribution >= 4 is 32.3 Å². The highest BCUT2D eigenvalue weighted by molar-refractivity contribution is 7.63. The van der Waals surface area contributed by atoms with E-state index in [4.69, 9.17) is 25.0 Å². The van der Waals surface area contributed by atoms with Crippen LogP contribution < -0.4 is 11.1 Å². The van der Waals surface area contributed by atoms with Crippen LogP contribution in [0.1, 0.15) is 0 Å². The maximum atomic E-state index is 11.8. The molecule has 0 aromatic rings. The minimum absolute atomic E-state index is 0.000683. The lowest BCUT2D eigenvalue weighted by Crippen LogP contribution is -2.56. The van der Waals surface area contributed by atoms with Gasteiger partial charge in [-0.25, -0.2) is 9.79 Å². The zero-order chi connectivity index (χ0) is 17.6. The van der Waals surface area contributed by atoms with Crippen molar-refractivity contribution in [3.63, 3.8) is 0 Å². The zero-order valence-electron chi connectivity index (χ0n) is 12.0. The van der Waals surface area contributed by atoms with Crippen molar-refractivity contribution in [3.05, 3.63) is 12.2 Å². The van der Waals surface area contributed by atoms with Crippen molar-refractivity contribution in [1.82, 2.24) is 10.2 Å². The molecule has 24 heavy (non-hydrogen) atoms. The fourth-order valence-electron chi connectivity index (χ4n) is 2.48. The van der Waals surface area contributed by atoms with Crippen LogP contribution in [0.4, 0.5) is 4.79 Å². The molecular weight excluding hydrogens is 345 g/mol. The molecule has 3 heterocycles. The summed E-state index contributed by atoms with van der Waals surface area (Å²) in [6, 6.07) is -0.856. The summed E-state index contributed by atoms with van der Waals surface area (Å²) >= 11 is 0. The quantitative estimate of drug-likeness (QED) is 0.269. The summed E-state index contributed by atoms with van der Waals surface area (Å²) in [6.45, 7) is 3.57. The molecule has 0 bridgehead atoms. The monoisotopic (exact) mass is 359 g/mol. The number of aliphatic hydroxyl groups excluding tert-OH is 1. The summed E-state index contributed by atoms with van der Waals surface area (Å²) in [4.78, 5) is 50.1. The van der Waals surface area contributed by atoms with E-state index in [2.05, 4.69) is 21.9 Å². The molecular formula is C11H14N5O7P. The Balaban J connectivity index is 1.77. The average Bonchev–Trinajstić information content (AvgIpc) is 3.03. The van der Waals surface area contributed by atoms with Crippen molar-refractivity contribution in [2.45, 2.75) is 30.8 Å². The van der Waals surface area contributed by atoms with Gasteiger partial charge < -0.3 is 35.0 Å². The van der Waals surface area contributed by atoms with E-state index >= 15 is 0 Å². The Morgan fingerprint density at radius 3 is 2.92 bits per heavy atom. The molecule has 1 amide bonds. The summed E-state index contributed by atoms with van der Waals surface area (Å²) in [5.74, 6) is -0.552. The van der Waals surface area contributed by atoms with Gasteiger partial charge in [0.05, 0.1) is 6.34 Å². The number of fused-ring (bicyclic) bond motifs is 1. The second-order valence-electron chi connectivity index (χ2n) is 5.13. The van der Waals surface area contributed by atoms with Crippen molar-refractivity contribution in [2.24, 2.45) is 15.7 Å². The molecule has 3 rings (SSSR count). The lowest BCUT2D eigenvalue weighted by atomic mass is 10.1. The SMILES string of the molecule is C=C1[C@@H](OC(=O)P(O)O)O[C@@H](N2C=NC3C(=O)NC(N)=NC32)[C@@H]1O. The highest BCUT2D eigenvalue weighted by atomic mass is 31.2. The normalized spacial score (nSPS) is 35.1. The number of rotatable bonds is 3. The van der Waals surface area contributed by atoms with E-state index < -0.39 is 50.8 Å². The summed E-state index contributed by atoms with van der Waals surface area (Å²) in [7, 11) is -2.96. The minimum atomic E-state index is -2.96. The highest BCUT2D eigenvalue weighted by Crippen LogP contribution is 2.35. The fourth-order valence-corrected chi connectivity index (χ4v) is 2.67. The van der Waals surface area contributed by atoms with Crippen LogP contribution in [0.25, 0.3) is 0 Å². The third kappa shape index (κ3) is 2.74. The number of nitrogens with two attached hydrogens (primary N) is 1. The van der Waals surface area contributed by atoms with Crippen LogP contribution in [0.3, 0.4) is 0 Å². The first-order valence-corrected chi connectivity index (χ1v) is 7.90. The van der Waals surface area contributed by atoms with Crippen molar-refractivity contribution in [1.29, 1.82) is 0 Å². The van der Waals surface area contributed by atoms with E-state index in [1.54, 1.807) is 0 Å². The van der Waals surface area contributed by atoms with Crippen molar-refractivity contribution in [3.8, 4) is 0 Å². The number of carbonyl (C=O) groups is 2. The molecule has 0 aromatic heterocycles. The van der Waals surface area contributed by atoms with Crippen molar-refractivity contribution < 1.29 is 34.0 Å². The van der Waals surface area contributed by atoms with Gasteiger partial charge in [0.1, 0.15) is 6.10 Å². The molecule has 1 fully saturated rings. The van der Waals surface area contributed by atoms with Gasteiger partial charge in [0.15, 0.2) is 24.4 Å². The van der Waals surface area contributed by atoms with E-state index in [0.29, 0.717) is 0 Å². The van der Waals surface area contributed by atoms with E-state index in [0.717, 1.165) is 0 Å². The van der Waals surface area contributed by atoms with Gasteiger partial charge in [0, 0.05) is 5.57 Å². The number of amides is 1. The van der Waals surface area contributed by atoms with Crippen LogP contribution in [0, 0.1) is 0 Å². The van der Waals surface area contributed by atoms with Gasteiger partial charge in [-0.1, -0.05) is 6.58 Å². The molecule has 5 atom stereocenters. The van der Waals surface area contributed by atoms with Crippen LogP contribution in [-0.2, 0) is 14.3 Å². The Morgan fingerprint density at radius 2 is 2.25 bits per heavy atom. The topological polar surface area (TPSA) is 179 Å². The predicted molar refractivity (Wildman–Crippen MR) is 79.3 cm³/mol. The molecule has 0 aromatic carbocycles. The maximum Gasteiger partial charge on any atom is 0.386 e. The molecule has 6 N–H and O–H groups in total. The first kappa shape index (κ1) is 16.7. The Kier molecular flexibility index (Phi) is 4.24. The number of hydrogen-bond donors (Lipinski definition) is 5. The maximum absolute atomic E-state index is 11.8.